The van der Waals surface area contributed by atoms with Crippen LogP contribution in [-0.4, -0.2) is 44.7 Å². The lowest BCUT2D eigenvalue weighted by Crippen LogP contribution is -2.66. The number of aromatic nitrogens is 4. The second-order valence-electron chi connectivity index (χ2n) is 10.8. The van der Waals surface area contributed by atoms with Crippen LogP contribution < -0.4 is 10.6 Å². The predicted molar refractivity (Wildman–Crippen MR) is 117 cm³/mol. The minimum atomic E-state index is -0.145. The molecule has 5 fully saturated rings. The fourth-order valence-electron chi connectivity index (χ4n) is 7.45. The Morgan fingerprint density at radius 2 is 2.10 bits per heavy atom. The van der Waals surface area contributed by atoms with Gasteiger partial charge in [0.15, 0.2) is 5.82 Å². The van der Waals surface area contributed by atoms with Crippen molar-refractivity contribution in [1.82, 2.24) is 30.8 Å². The summed E-state index contributed by atoms with van der Waals surface area (Å²) in [6, 6.07) is 8.26. The summed E-state index contributed by atoms with van der Waals surface area (Å²) in [5.41, 5.74) is 1.83. The first kappa shape index (κ1) is 19.4. The van der Waals surface area contributed by atoms with Crippen LogP contribution in [0.4, 0.5) is 0 Å². The number of hydrogen-bond acceptors (Lipinski definition) is 5. The van der Waals surface area contributed by atoms with Crippen LogP contribution in [0, 0.1) is 24.7 Å². The van der Waals surface area contributed by atoms with Crippen LogP contribution in [0.3, 0.4) is 0 Å². The molecule has 4 saturated carbocycles. The van der Waals surface area contributed by atoms with E-state index in [2.05, 4.69) is 38.2 Å². The van der Waals surface area contributed by atoms with Crippen molar-refractivity contribution in [2.45, 2.75) is 69.4 Å². The molecule has 4 aliphatic carbocycles. The van der Waals surface area contributed by atoms with Crippen molar-refractivity contribution in [3.8, 4) is 0 Å². The number of carbonyl (C=O) groups excluding carboxylic acids is 1. The van der Waals surface area contributed by atoms with Gasteiger partial charge < -0.3 is 10.6 Å². The van der Waals surface area contributed by atoms with E-state index in [1.54, 1.807) is 0 Å². The molecule has 1 saturated heterocycles. The molecule has 2 N–H and O–H groups in total. The Balaban J connectivity index is 1.23. The zero-order valence-electron chi connectivity index (χ0n) is 18.3. The van der Waals surface area contributed by atoms with Gasteiger partial charge in [0, 0.05) is 11.1 Å². The second kappa shape index (κ2) is 7.12. The van der Waals surface area contributed by atoms with Crippen LogP contribution in [0.5, 0.6) is 0 Å². The zero-order valence-corrected chi connectivity index (χ0v) is 18.3. The summed E-state index contributed by atoms with van der Waals surface area (Å²) in [4.78, 5) is 15.3. The topological polar surface area (TPSA) is 84.7 Å². The number of amides is 1. The van der Waals surface area contributed by atoms with Crippen molar-refractivity contribution >= 4 is 5.91 Å². The number of rotatable bonds is 5. The SMILES string of the molecule is Cc1nnn(C23CC4CC(CC(NC(=O)c5cccc(CC6CCNC6)c5)(C4)C2)C3)n1. The highest BCUT2D eigenvalue weighted by Gasteiger charge is 2.60. The molecule has 3 unspecified atom stereocenters. The van der Waals surface area contributed by atoms with Gasteiger partial charge in [-0.05, 0) is 112 Å². The molecule has 5 aliphatic rings. The van der Waals surface area contributed by atoms with E-state index in [1.165, 1.54) is 18.4 Å². The minimum Gasteiger partial charge on any atom is -0.346 e. The molecular weight excluding hydrogens is 388 g/mol. The predicted octanol–water partition coefficient (Wildman–Crippen LogP) is 2.61. The van der Waals surface area contributed by atoms with Crippen LogP contribution in [0.25, 0.3) is 0 Å². The summed E-state index contributed by atoms with van der Waals surface area (Å²) >= 11 is 0. The number of nitrogens with one attached hydrogen (secondary N) is 2. The maximum atomic E-state index is 13.4. The fourth-order valence-corrected chi connectivity index (χ4v) is 7.45. The van der Waals surface area contributed by atoms with Crippen molar-refractivity contribution in [3.05, 3.63) is 41.2 Å². The zero-order chi connectivity index (χ0) is 21.1. The molecule has 1 aliphatic heterocycles. The average Bonchev–Trinajstić information content (AvgIpc) is 3.39. The number of aryl methyl sites for hydroxylation is 1. The van der Waals surface area contributed by atoms with E-state index in [0.29, 0.717) is 17.8 Å². The highest BCUT2D eigenvalue weighted by Crippen LogP contribution is 2.60. The largest absolute Gasteiger partial charge is 0.346 e. The van der Waals surface area contributed by atoms with Gasteiger partial charge in [-0.1, -0.05) is 12.1 Å². The van der Waals surface area contributed by atoms with Crippen molar-refractivity contribution in [3.63, 3.8) is 0 Å². The van der Waals surface area contributed by atoms with Crippen molar-refractivity contribution in [2.24, 2.45) is 17.8 Å². The molecular formula is C24H32N6O. The van der Waals surface area contributed by atoms with Gasteiger partial charge in [-0.15, -0.1) is 10.2 Å². The summed E-state index contributed by atoms with van der Waals surface area (Å²) < 4.78 is 0. The molecule has 2 aromatic rings. The van der Waals surface area contributed by atoms with Crippen LogP contribution >= 0.6 is 0 Å². The number of carbonyl (C=O) groups is 1. The molecule has 1 aromatic heterocycles. The van der Waals surface area contributed by atoms with Gasteiger partial charge in [0.05, 0.1) is 5.54 Å². The molecule has 7 nitrogen and oxygen atoms in total. The molecule has 0 radical (unpaired) electrons. The molecule has 31 heavy (non-hydrogen) atoms. The van der Waals surface area contributed by atoms with Crippen LogP contribution in [-0.2, 0) is 12.0 Å². The molecule has 3 atom stereocenters. The molecule has 1 amide bonds. The van der Waals surface area contributed by atoms with Crippen molar-refractivity contribution < 1.29 is 4.79 Å². The maximum absolute atomic E-state index is 13.4. The molecule has 0 spiro atoms. The van der Waals surface area contributed by atoms with E-state index in [1.807, 2.05) is 23.9 Å². The third kappa shape index (κ3) is 3.47. The van der Waals surface area contributed by atoms with E-state index in [9.17, 15) is 4.79 Å². The summed E-state index contributed by atoms with van der Waals surface area (Å²) in [6.45, 7) is 4.09. The van der Waals surface area contributed by atoms with E-state index in [4.69, 9.17) is 0 Å². The quantitative estimate of drug-likeness (QED) is 0.777. The van der Waals surface area contributed by atoms with E-state index >= 15 is 0 Å². The Morgan fingerprint density at radius 1 is 1.26 bits per heavy atom. The van der Waals surface area contributed by atoms with E-state index in [0.717, 1.165) is 63.0 Å². The molecule has 7 heteroatoms. The van der Waals surface area contributed by atoms with Crippen LogP contribution in [0.2, 0.25) is 0 Å². The van der Waals surface area contributed by atoms with Crippen LogP contribution in [0.1, 0.15) is 66.7 Å². The molecule has 4 bridgehead atoms. The first-order chi connectivity index (χ1) is 15.0. The lowest BCUT2D eigenvalue weighted by Gasteiger charge is -2.61. The van der Waals surface area contributed by atoms with Crippen molar-refractivity contribution in [2.75, 3.05) is 13.1 Å². The van der Waals surface area contributed by atoms with Gasteiger partial charge in [-0.2, -0.15) is 4.80 Å². The summed E-state index contributed by atoms with van der Waals surface area (Å²) in [6.07, 6.45) is 8.85. The lowest BCUT2D eigenvalue weighted by molar-refractivity contribution is -0.0811. The number of tetrazole rings is 1. The Bertz CT molecular complexity index is 979. The number of nitrogens with zero attached hydrogens (tertiary/aromatic N) is 4. The van der Waals surface area contributed by atoms with Crippen LogP contribution in [0.15, 0.2) is 24.3 Å². The van der Waals surface area contributed by atoms with Crippen molar-refractivity contribution in [1.29, 1.82) is 0 Å². The Kier molecular flexibility index (Phi) is 4.46. The minimum absolute atomic E-state index is 0.0752. The summed E-state index contributed by atoms with van der Waals surface area (Å²) in [5.74, 6) is 2.75. The normalized spacial score (nSPS) is 36.1. The number of hydrogen-bond donors (Lipinski definition) is 2. The monoisotopic (exact) mass is 420 g/mol. The summed E-state index contributed by atoms with van der Waals surface area (Å²) in [5, 5.41) is 20.1. The Morgan fingerprint density at radius 3 is 2.81 bits per heavy atom. The summed E-state index contributed by atoms with van der Waals surface area (Å²) in [7, 11) is 0. The number of benzene rings is 1. The Hall–Kier alpha value is -2.28. The molecule has 2 heterocycles. The third-order valence-corrected chi connectivity index (χ3v) is 8.22. The van der Waals surface area contributed by atoms with Gasteiger partial charge in [0.2, 0.25) is 0 Å². The first-order valence-corrected chi connectivity index (χ1v) is 11.9. The standard InChI is InChI=1S/C24H32N6O/c1-16-27-29-30(28-16)24-12-19-8-20(13-24)11-23(10-19,15-24)26-22(31)21-4-2-3-17(9-21)7-18-5-6-25-14-18/h2-4,9,18-20,25H,5-8,10-15H2,1H3,(H,26,31). The van der Waals surface area contributed by atoms with Gasteiger partial charge >= 0.3 is 0 Å². The molecule has 7 rings (SSSR count). The fraction of sp³-hybridized carbons (Fsp3) is 0.667. The smallest absolute Gasteiger partial charge is 0.251 e. The highest BCUT2D eigenvalue weighted by molar-refractivity contribution is 5.95. The van der Waals surface area contributed by atoms with Gasteiger partial charge in [0.25, 0.3) is 5.91 Å². The first-order valence-electron chi connectivity index (χ1n) is 11.9. The van der Waals surface area contributed by atoms with Gasteiger partial charge in [-0.25, -0.2) is 0 Å². The third-order valence-electron chi connectivity index (χ3n) is 8.22. The van der Waals surface area contributed by atoms with Gasteiger partial charge in [0.1, 0.15) is 0 Å². The second-order valence-corrected chi connectivity index (χ2v) is 10.8. The van der Waals surface area contributed by atoms with E-state index in [-0.39, 0.29) is 17.0 Å². The average molecular weight is 421 g/mol. The molecule has 1 aromatic carbocycles. The Labute approximate surface area is 183 Å². The van der Waals surface area contributed by atoms with E-state index < -0.39 is 0 Å². The highest BCUT2D eigenvalue weighted by atomic mass is 16.1. The van der Waals surface area contributed by atoms with Gasteiger partial charge in [-0.3, -0.25) is 4.79 Å². The maximum Gasteiger partial charge on any atom is 0.251 e. The molecule has 164 valence electrons. The lowest BCUT2D eigenvalue weighted by atomic mass is 9.50.